The molecular weight excluding hydrogens is 354 g/mol. The van der Waals surface area contributed by atoms with Crippen LogP contribution in [0.2, 0.25) is 0 Å². The molecule has 5 heteroatoms. The van der Waals surface area contributed by atoms with Gasteiger partial charge in [-0.15, -0.1) is 0 Å². The van der Waals surface area contributed by atoms with Crippen LogP contribution in [0.15, 0.2) is 73.3 Å². The van der Waals surface area contributed by atoms with E-state index in [9.17, 15) is 4.79 Å². The Bertz CT molecular complexity index is 869. The maximum atomic E-state index is 11.9. The second-order valence-corrected chi connectivity index (χ2v) is 7.33. The highest BCUT2D eigenvalue weighted by Crippen LogP contribution is 2.12. The van der Waals surface area contributed by atoms with E-state index in [0.717, 1.165) is 22.8 Å². The number of carbonyl (C=O) groups is 1. The standard InChI is InChI=1S/C22H23N3OS/c1-18-2-4-20(5-3-18)16-27-15-13-24-22(26)11-8-19-6-9-21(10-7-19)25-14-12-23-17-25/h2-12,14,17H,13,15-16H2,1H3,(H,24,26)/b11-8+. The first-order chi connectivity index (χ1) is 13.2. The van der Waals surface area contributed by atoms with Crippen molar-refractivity contribution in [1.82, 2.24) is 14.9 Å². The summed E-state index contributed by atoms with van der Waals surface area (Å²) in [5.41, 5.74) is 4.62. The van der Waals surface area contributed by atoms with E-state index in [4.69, 9.17) is 0 Å². The predicted octanol–water partition coefficient (Wildman–Crippen LogP) is 4.24. The largest absolute Gasteiger partial charge is 0.352 e. The van der Waals surface area contributed by atoms with E-state index in [1.807, 2.05) is 52.9 Å². The van der Waals surface area contributed by atoms with Crippen molar-refractivity contribution in [1.29, 1.82) is 0 Å². The van der Waals surface area contributed by atoms with Crippen molar-refractivity contribution in [3.05, 3.63) is 90.0 Å². The normalized spacial score (nSPS) is 11.0. The van der Waals surface area contributed by atoms with Crippen LogP contribution in [0.4, 0.5) is 0 Å². The first-order valence-corrected chi connectivity index (χ1v) is 10.0. The Morgan fingerprint density at radius 3 is 2.63 bits per heavy atom. The molecule has 3 aromatic rings. The Labute approximate surface area is 164 Å². The van der Waals surface area contributed by atoms with Gasteiger partial charge in [0.1, 0.15) is 0 Å². The molecule has 1 aromatic heterocycles. The zero-order valence-corrected chi connectivity index (χ0v) is 16.2. The van der Waals surface area contributed by atoms with Crippen molar-refractivity contribution < 1.29 is 4.79 Å². The number of aromatic nitrogens is 2. The zero-order chi connectivity index (χ0) is 18.9. The number of carbonyl (C=O) groups excluding carboxylic acids is 1. The molecule has 1 N–H and O–H groups in total. The summed E-state index contributed by atoms with van der Waals surface area (Å²) in [4.78, 5) is 16.0. The van der Waals surface area contributed by atoms with Crippen LogP contribution in [0, 0.1) is 6.92 Å². The van der Waals surface area contributed by atoms with Gasteiger partial charge in [-0.05, 0) is 36.3 Å². The first-order valence-electron chi connectivity index (χ1n) is 8.88. The first kappa shape index (κ1) is 19.0. The van der Waals surface area contributed by atoms with Crippen molar-refractivity contribution >= 4 is 23.7 Å². The number of thioether (sulfide) groups is 1. The molecule has 0 fully saturated rings. The summed E-state index contributed by atoms with van der Waals surface area (Å²) in [6.07, 6.45) is 8.81. The lowest BCUT2D eigenvalue weighted by Gasteiger charge is -2.04. The van der Waals surface area contributed by atoms with E-state index in [2.05, 4.69) is 41.5 Å². The van der Waals surface area contributed by atoms with Crippen molar-refractivity contribution in [2.24, 2.45) is 0 Å². The number of nitrogens with zero attached hydrogens (tertiary/aromatic N) is 2. The molecule has 138 valence electrons. The Morgan fingerprint density at radius 2 is 1.93 bits per heavy atom. The van der Waals surface area contributed by atoms with Gasteiger partial charge >= 0.3 is 0 Å². The number of amides is 1. The predicted molar refractivity (Wildman–Crippen MR) is 113 cm³/mol. The fraction of sp³-hybridized carbons (Fsp3) is 0.182. The van der Waals surface area contributed by atoms with Crippen LogP contribution in [0.1, 0.15) is 16.7 Å². The van der Waals surface area contributed by atoms with Crippen LogP contribution < -0.4 is 5.32 Å². The SMILES string of the molecule is Cc1ccc(CSCCNC(=O)/C=C/c2ccc(-n3ccnc3)cc2)cc1. The molecule has 1 heterocycles. The molecule has 27 heavy (non-hydrogen) atoms. The number of nitrogens with one attached hydrogen (secondary N) is 1. The van der Waals surface area contributed by atoms with Crippen LogP contribution >= 0.6 is 11.8 Å². The van der Waals surface area contributed by atoms with Gasteiger partial charge < -0.3 is 9.88 Å². The van der Waals surface area contributed by atoms with Gasteiger partial charge in [0.25, 0.3) is 0 Å². The summed E-state index contributed by atoms with van der Waals surface area (Å²) in [5.74, 6) is 1.80. The Balaban J connectivity index is 1.36. The lowest BCUT2D eigenvalue weighted by atomic mass is 10.2. The van der Waals surface area contributed by atoms with Crippen LogP contribution in [0.3, 0.4) is 0 Å². The van der Waals surface area contributed by atoms with Gasteiger partial charge in [0.2, 0.25) is 5.91 Å². The summed E-state index contributed by atoms with van der Waals surface area (Å²) in [5, 5.41) is 2.92. The Hall–Kier alpha value is -2.79. The molecule has 0 aliphatic carbocycles. The summed E-state index contributed by atoms with van der Waals surface area (Å²) in [6, 6.07) is 16.5. The number of hydrogen-bond donors (Lipinski definition) is 1. The van der Waals surface area contributed by atoms with E-state index >= 15 is 0 Å². The molecule has 3 rings (SSSR count). The molecule has 0 spiro atoms. The summed E-state index contributed by atoms with van der Waals surface area (Å²) in [7, 11) is 0. The number of aryl methyl sites for hydroxylation is 1. The average molecular weight is 378 g/mol. The van der Waals surface area contributed by atoms with Gasteiger partial charge in [0, 0.05) is 42.2 Å². The van der Waals surface area contributed by atoms with Gasteiger partial charge in [-0.2, -0.15) is 11.8 Å². The third-order valence-electron chi connectivity index (χ3n) is 4.06. The average Bonchev–Trinajstić information content (AvgIpc) is 3.23. The molecule has 0 radical (unpaired) electrons. The van der Waals surface area contributed by atoms with E-state index in [-0.39, 0.29) is 5.91 Å². The monoisotopic (exact) mass is 377 g/mol. The minimum atomic E-state index is -0.0652. The maximum absolute atomic E-state index is 11.9. The fourth-order valence-corrected chi connectivity index (χ4v) is 3.34. The van der Waals surface area contributed by atoms with Crippen LogP contribution in [-0.2, 0) is 10.5 Å². The summed E-state index contributed by atoms with van der Waals surface area (Å²) < 4.78 is 1.94. The fourth-order valence-electron chi connectivity index (χ4n) is 2.52. The topological polar surface area (TPSA) is 46.9 Å². The van der Waals surface area contributed by atoms with E-state index in [1.165, 1.54) is 11.1 Å². The molecule has 2 aromatic carbocycles. The number of hydrogen-bond acceptors (Lipinski definition) is 3. The molecule has 1 amide bonds. The Kier molecular flexibility index (Phi) is 6.88. The molecule has 0 saturated heterocycles. The Morgan fingerprint density at radius 1 is 1.15 bits per heavy atom. The minimum Gasteiger partial charge on any atom is -0.352 e. The van der Waals surface area contributed by atoms with Gasteiger partial charge in [-0.1, -0.05) is 42.0 Å². The van der Waals surface area contributed by atoms with Gasteiger partial charge in [-0.3, -0.25) is 4.79 Å². The van der Waals surface area contributed by atoms with Crippen molar-refractivity contribution in [3.63, 3.8) is 0 Å². The number of rotatable bonds is 8. The highest BCUT2D eigenvalue weighted by molar-refractivity contribution is 7.98. The quantitative estimate of drug-likeness (QED) is 0.472. The van der Waals surface area contributed by atoms with Gasteiger partial charge in [0.15, 0.2) is 0 Å². The zero-order valence-electron chi connectivity index (χ0n) is 15.3. The third-order valence-corrected chi connectivity index (χ3v) is 5.09. The second-order valence-electron chi connectivity index (χ2n) is 6.22. The molecule has 0 atom stereocenters. The number of benzene rings is 2. The van der Waals surface area contributed by atoms with Crippen molar-refractivity contribution in [2.75, 3.05) is 12.3 Å². The molecular formula is C22H23N3OS. The second kappa shape index (κ2) is 9.78. The van der Waals surface area contributed by atoms with Crippen LogP contribution in [0.5, 0.6) is 0 Å². The summed E-state index contributed by atoms with van der Waals surface area (Å²) >= 11 is 1.82. The maximum Gasteiger partial charge on any atom is 0.244 e. The molecule has 0 saturated carbocycles. The number of imidazole rings is 1. The van der Waals surface area contributed by atoms with Crippen LogP contribution in [-0.4, -0.2) is 27.8 Å². The molecule has 0 bridgehead atoms. The lowest BCUT2D eigenvalue weighted by Crippen LogP contribution is -2.23. The van der Waals surface area contributed by atoms with Crippen molar-refractivity contribution in [2.45, 2.75) is 12.7 Å². The van der Waals surface area contributed by atoms with E-state index < -0.39 is 0 Å². The molecule has 4 nitrogen and oxygen atoms in total. The summed E-state index contributed by atoms with van der Waals surface area (Å²) in [6.45, 7) is 2.76. The molecule has 0 unspecified atom stereocenters. The smallest absolute Gasteiger partial charge is 0.244 e. The van der Waals surface area contributed by atoms with Gasteiger partial charge in [-0.25, -0.2) is 4.98 Å². The van der Waals surface area contributed by atoms with Crippen molar-refractivity contribution in [3.8, 4) is 5.69 Å². The minimum absolute atomic E-state index is 0.0652. The van der Waals surface area contributed by atoms with Gasteiger partial charge in [0.05, 0.1) is 6.33 Å². The molecule has 0 aliphatic heterocycles. The van der Waals surface area contributed by atoms with Crippen LogP contribution in [0.25, 0.3) is 11.8 Å². The highest BCUT2D eigenvalue weighted by atomic mass is 32.2. The molecule has 0 aliphatic rings. The highest BCUT2D eigenvalue weighted by Gasteiger charge is 1.98. The van der Waals surface area contributed by atoms with E-state index in [1.54, 1.807) is 18.6 Å². The lowest BCUT2D eigenvalue weighted by molar-refractivity contribution is -0.116. The van der Waals surface area contributed by atoms with E-state index in [0.29, 0.717) is 6.54 Å². The third kappa shape index (κ3) is 6.15.